The SMILES string of the molecule is O=C(Cc1cn[nH]c1-c1nc2ccc(CN3CCOCC3)cc2[nH]1)c1ccc(Cl)cc1. The number of ether oxygens (including phenoxy) is 1. The van der Waals surface area contributed by atoms with Crippen molar-refractivity contribution in [2.45, 2.75) is 13.0 Å². The molecule has 3 heterocycles. The first kappa shape index (κ1) is 19.9. The third-order valence-corrected chi connectivity index (χ3v) is 5.78. The van der Waals surface area contributed by atoms with Crippen LogP contribution in [0.1, 0.15) is 21.5 Å². The first-order chi connectivity index (χ1) is 15.2. The molecule has 1 fully saturated rings. The molecule has 0 radical (unpaired) electrons. The van der Waals surface area contributed by atoms with Gasteiger partial charge < -0.3 is 9.72 Å². The lowest BCUT2D eigenvalue weighted by molar-refractivity contribution is 0.0342. The van der Waals surface area contributed by atoms with Gasteiger partial charge in [0, 0.05) is 42.2 Å². The second-order valence-electron chi connectivity index (χ2n) is 7.70. The second-order valence-corrected chi connectivity index (χ2v) is 8.14. The van der Waals surface area contributed by atoms with E-state index in [1.807, 2.05) is 6.07 Å². The minimum absolute atomic E-state index is 0.00299. The molecule has 0 unspecified atom stereocenters. The Labute approximate surface area is 184 Å². The van der Waals surface area contributed by atoms with E-state index >= 15 is 0 Å². The van der Waals surface area contributed by atoms with Crippen molar-refractivity contribution in [3.8, 4) is 11.5 Å². The van der Waals surface area contributed by atoms with Crippen LogP contribution in [0.15, 0.2) is 48.7 Å². The average Bonchev–Trinajstić information content (AvgIpc) is 3.41. The highest BCUT2D eigenvalue weighted by atomic mass is 35.5. The molecule has 0 amide bonds. The van der Waals surface area contributed by atoms with Crippen LogP contribution >= 0.6 is 11.6 Å². The molecule has 2 N–H and O–H groups in total. The molecule has 0 saturated carbocycles. The molecule has 0 aliphatic carbocycles. The van der Waals surface area contributed by atoms with Gasteiger partial charge in [0.25, 0.3) is 0 Å². The maximum atomic E-state index is 12.7. The summed E-state index contributed by atoms with van der Waals surface area (Å²) < 4.78 is 5.43. The van der Waals surface area contributed by atoms with Crippen molar-refractivity contribution >= 4 is 28.4 Å². The van der Waals surface area contributed by atoms with Crippen LogP contribution in [-0.4, -0.2) is 57.2 Å². The molecule has 0 atom stereocenters. The summed E-state index contributed by atoms with van der Waals surface area (Å²) in [6.45, 7) is 4.36. The summed E-state index contributed by atoms with van der Waals surface area (Å²) in [4.78, 5) is 23.2. The summed E-state index contributed by atoms with van der Waals surface area (Å²) in [6.07, 6.45) is 1.91. The highest BCUT2D eigenvalue weighted by Gasteiger charge is 2.17. The first-order valence-electron chi connectivity index (χ1n) is 10.3. The van der Waals surface area contributed by atoms with Gasteiger partial charge in [-0.3, -0.25) is 14.8 Å². The molecule has 1 aliphatic heterocycles. The van der Waals surface area contributed by atoms with E-state index in [2.05, 4.69) is 32.2 Å². The number of hydrogen-bond acceptors (Lipinski definition) is 5. The molecular formula is C23H22ClN5O2. The number of ketones is 1. The number of nitrogens with one attached hydrogen (secondary N) is 2. The normalized spacial score (nSPS) is 14.9. The minimum atomic E-state index is 0.00299. The van der Waals surface area contributed by atoms with Crippen molar-refractivity contribution in [2.75, 3.05) is 26.3 Å². The summed E-state index contributed by atoms with van der Waals surface area (Å²) in [5, 5.41) is 7.74. The van der Waals surface area contributed by atoms with Crippen molar-refractivity contribution in [1.82, 2.24) is 25.1 Å². The van der Waals surface area contributed by atoms with Gasteiger partial charge in [0.2, 0.25) is 0 Å². The summed E-state index contributed by atoms with van der Waals surface area (Å²) in [7, 11) is 0. The Morgan fingerprint density at radius 1 is 1.13 bits per heavy atom. The number of imidazole rings is 1. The third-order valence-electron chi connectivity index (χ3n) is 5.53. The van der Waals surface area contributed by atoms with Gasteiger partial charge in [0.05, 0.1) is 30.4 Å². The average molecular weight is 436 g/mol. The van der Waals surface area contributed by atoms with E-state index in [9.17, 15) is 4.79 Å². The van der Waals surface area contributed by atoms with Crippen LogP contribution in [0.5, 0.6) is 0 Å². The number of Topliss-reactive ketones (excluding diaryl/α,β-unsaturated/α-hetero) is 1. The van der Waals surface area contributed by atoms with Crippen LogP contribution in [0, 0.1) is 0 Å². The highest BCUT2D eigenvalue weighted by Crippen LogP contribution is 2.24. The van der Waals surface area contributed by atoms with E-state index in [-0.39, 0.29) is 12.2 Å². The minimum Gasteiger partial charge on any atom is -0.379 e. The van der Waals surface area contributed by atoms with Crippen molar-refractivity contribution in [2.24, 2.45) is 0 Å². The second kappa shape index (κ2) is 8.63. The molecule has 4 aromatic rings. The standard InChI is InChI=1S/C23H22ClN5O2/c24-18-4-2-16(3-5-18)21(30)12-17-13-25-28-22(17)23-26-19-6-1-15(11-20(19)27-23)14-29-7-9-31-10-8-29/h1-6,11,13H,7-10,12,14H2,(H,25,28)(H,26,27). The van der Waals surface area contributed by atoms with Crippen LogP contribution in [0.2, 0.25) is 5.02 Å². The lowest BCUT2D eigenvalue weighted by Crippen LogP contribution is -2.35. The molecular weight excluding hydrogens is 414 g/mol. The van der Waals surface area contributed by atoms with Gasteiger partial charge in [0.1, 0.15) is 5.69 Å². The van der Waals surface area contributed by atoms with Gasteiger partial charge in [0.15, 0.2) is 11.6 Å². The van der Waals surface area contributed by atoms with Crippen molar-refractivity contribution in [3.63, 3.8) is 0 Å². The molecule has 1 aliphatic rings. The number of H-pyrrole nitrogens is 2. The molecule has 2 aromatic heterocycles. The predicted octanol–water partition coefficient (Wildman–Crippen LogP) is 3.86. The van der Waals surface area contributed by atoms with Crippen molar-refractivity contribution in [3.05, 3.63) is 70.4 Å². The maximum Gasteiger partial charge on any atom is 0.167 e. The molecule has 158 valence electrons. The number of hydrogen-bond donors (Lipinski definition) is 2. The molecule has 0 spiro atoms. The number of aromatic nitrogens is 4. The van der Waals surface area contributed by atoms with E-state index in [1.165, 1.54) is 5.56 Å². The first-order valence-corrected chi connectivity index (χ1v) is 10.6. The molecule has 0 bridgehead atoms. The van der Waals surface area contributed by atoms with Crippen LogP contribution in [-0.2, 0) is 17.7 Å². The Morgan fingerprint density at radius 2 is 1.94 bits per heavy atom. The molecule has 31 heavy (non-hydrogen) atoms. The Kier molecular flexibility index (Phi) is 5.55. The zero-order valence-corrected chi connectivity index (χ0v) is 17.7. The summed E-state index contributed by atoms with van der Waals surface area (Å²) >= 11 is 5.92. The summed E-state index contributed by atoms with van der Waals surface area (Å²) in [6, 6.07) is 13.2. The van der Waals surface area contributed by atoms with Crippen LogP contribution < -0.4 is 0 Å². The fraction of sp³-hybridized carbons (Fsp3) is 0.261. The largest absolute Gasteiger partial charge is 0.379 e. The quantitative estimate of drug-likeness (QED) is 0.449. The topological polar surface area (TPSA) is 86.9 Å². The molecule has 2 aromatic carbocycles. The van der Waals surface area contributed by atoms with Gasteiger partial charge >= 0.3 is 0 Å². The van der Waals surface area contributed by atoms with Gasteiger partial charge in [-0.15, -0.1) is 0 Å². The van der Waals surface area contributed by atoms with Crippen LogP contribution in [0.3, 0.4) is 0 Å². The fourth-order valence-electron chi connectivity index (χ4n) is 3.85. The number of rotatable bonds is 6. The number of nitrogens with zero attached hydrogens (tertiary/aromatic N) is 3. The van der Waals surface area contributed by atoms with Crippen LogP contribution in [0.25, 0.3) is 22.6 Å². The van der Waals surface area contributed by atoms with Crippen molar-refractivity contribution < 1.29 is 9.53 Å². The smallest absolute Gasteiger partial charge is 0.167 e. The molecule has 5 rings (SSSR count). The Balaban J connectivity index is 1.36. The number of morpholine rings is 1. The number of carbonyl (C=O) groups excluding carboxylic acids is 1. The van der Waals surface area contributed by atoms with Crippen molar-refractivity contribution in [1.29, 1.82) is 0 Å². The van der Waals surface area contributed by atoms with Gasteiger partial charge in [-0.05, 0) is 42.0 Å². The molecule has 8 heteroatoms. The van der Waals surface area contributed by atoms with Crippen LogP contribution in [0.4, 0.5) is 0 Å². The number of halogens is 1. The van der Waals surface area contributed by atoms with E-state index in [0.717, 1.165) is 55.1 Å². The number of carbonyl (C=O) groups is 1. The lowest BCUT2D eigenvalue weighted by Gasteiger charge is -2.26. The summed E-state index contributed by atoms with van der Waals surface area (Å²) in [5.74, 6) is 0.679. The Morgan fingerprint density at radius 3 is 2.74 bits per heavy atom. The summed E-state index contributed by atoms with van der Waals surface area (Å²) in [5.41, 5.74) is 5.22. The Hall–Kier alpha value is -3.00. The van der Waals surface area contributed by atoms with E-state index < -0.39 is 0 Å². The predicted molar refractivity (Wildman–Crippen MR) is 119 cm³/mol. The third kappa shape index (κ3) is 4.39. The number of aromatic amines is 2. The zero-order chi connectivity index (χ0) is 21.2. The van der Waals surface area contributed by atoms with E-state index in [0.29, 0.717) is 16.4 Å². The molecule has 1 saturated heterocycles. The fourth-order valence-corrected chi connectivity index (χ4v) is 3.98. The van der Waals surface area contributed by atoms with Gasteiger partial charge in [-0.2, -0.15) is 5.10 Å². The van der Waals surface area contributed by atoms with E-state index in [4.69, 9.17) is 21.3 Å². The lowest BCUT2D eigenvalue weighted by atomic mass is 10.0. The monoisotopic (exact) mass is 435 g/mol. The van der Waals surface area contributed by atoms with Gasteiger partial charge in [-0.25, -0.2) is 4.98 Å². The molecule has 7 nitrogen and oxygen atoms in total. The van der Waals surface area contributed by atoms with Gasteiger partial charge in [-0.1, -0.05) is 17.7 Å². The Bertz CT molecular complexity index is 1210. The number of fused-ring (bicyclic) bond motifs is 1. The highest BCUT2D eigenvalue weighted by molar-refractivity contribution is 6.30. The zero-order valence-electron chi connectivity index (χ0n) is 16.9. The maximum absolute atomic E-state index is 12.7. The van der Waals surface area contributed by atoms with E-state index in [1.54, 1.807) is 30.5 Å². The number of benzene rings is 2.